The van der Waals surface area contributed by atoms with Crippen LogP contribution < -0.4 is 0 Å². The van der Waals surface area contributed by atoms with Gasteiger partial charge in [-0.05, 0) is 73.0 Å². The highest BCUT2D eigenvalue weighted by molar-refractivity contribution is 6.21. The van der Waals surface area contributed by atoms with Crippen molar-refractivity contribution in [1.82, 2.24) is 0 Å². The smallest absolute Gasteiger partial charge is 0.0641 e. The Kier molecular flexibility index (Phi) is 4.64. The number of hydrogen-bond acceptors (Lipinski definition) is 0. The predicted octanol–water partition coefficient (Wildman–Crippen LogP) is 6.45. The Balaban J connectivity index is 1.87. The van der Waals surface area contributed by atoms with Crippen LogP contribution in [0, 0.1) is 11.3 Å². The monoisotopic (exact) mass is 304 g/mol. The molecule has 0 aromatic heterocycles. The molecule has 1 aromatic carbocycles. The first kappa shape index (κ1) is 15.4. The van der Waals surface area contributed by atoms with Crippen LogP contribution in [0.1, 0.15) is 80.9 Å². The van der Waals surface area contributed by atoms with Gasteiger partial charge >= 0.3 is 0 Å². The summed E-state index contributed by atoms with van der Waals surface area (Å²) >= 11 is 7.06. The van der Waals surface area contributed by atoms with Crippen molar-refractivity contribution in [2.45, 2.75) is 77.0 Å². The summed E-state index contributed by atoms with van der Waals surface area (Å²) in [7, 11) is 0. The molecule has 1 atom stereocenters. The lowest BCUT2D eigenvalue weighted by atomic mass is 9.73. The van der Waals surface area contributed by atoms with Gasteiger partial charge in [-0.25, -0.2) is 0 Å². The Morgan fingerprint density at radius 1 is 1.00 bits per heavy atom. The minimum absolute atomic E-state index is 0.203. The Hall–Kier alpha value is -0.490. The van der Waals surface area contributed by atoms with Gasteiger partial charge in [-0.2, -0.15) is 0 Å². The molecular weight excluding hydrogens is 276 g/mol. The van der Waals surface area contributed by atoms with Crippen LogP contribution in [0.15, 0.2) is 18.2 Å². The molecule has 0 bridgehead atoms. The largest absolute Gasteiger partial charge is 0.117 e. The Labute approximate surface area is 135 Å². The highest BCUT2D eigenvalue weighted by atomic mass is 35.5. The molecule has 0 aliphatic heterocycles. The minimum Gasteiger partial charge on any atom is -0.117 e. The van der Waals surface area contributed by atoms with Gasteiger partial charge in [0, 0.05) is 0 Å². The Morgan fingerprint density at radius 3 is 2.33 bits per heavy atom. The first-order chi connectivity index (χ1) is 10.1. The maximum absolute atomic E-state index is 7.06. The van der Waals surface area contributed by atoms with E-state index in [1.165, 1.54) is 63.4 Å². The quantitative estimate of drug-likeness (QED) is 0.561. The zero-order valence-corrected chi connectivity index (χ0v) is 14.4. The van der Waals surface area contributed by atoms with E-state index >= 15 is 0 Å². The summed E-state index contributed by atoms with van der Waals surface area (Å²) in [5.74, 6) is 0.738. The van der Waals surface area contributed by atoms with Crippen molar-refractivity contribution in [3.63, 3.8) is 0 Å². The molecule has 0 heterocycles. The van der Waals surface area contributed by atoms with E-state index in [4.69, 9.17) is 11.6 Å². The number of hydrogen-bond donors (Lipinski definition) is 0. The zero-order chi connectivity index (χ0) is 14.9. The lowest BCUT2D eigenvalue weighted by Gasteiger charge is -2.36. The van der Waals surface area contributed by atoms with Crippen molar-refractivity contribution in [2.75, 3.05) is 0 Å². The van der Waals surface area contributed by atoms with Crippen LogP contribution in [-0.4, -0.2) is 0 Å². The molecule has 0 N–H and O–H groups in total. The third-order valence-electron chi connectivity index (χ3n) is 5.62. The van der Waals surface area contributed by atoms with Gasteiger partial charge in [0.2, 0.25) is 0 Å². The molecule has 0 spiro atoms. The number of aryl methyl sites for hydroxylation is 2. The third-order valence-corrected chi connectivity index (χ3v) is 6.33. The Bertz CT molecular complexity index is 483. The molecule has 0 saturated heterocycles. The third kappa shape index (κ3) is 3.16. The van der Waals surface area contributed by atoms with Crippen LogP contribution in [0.3, 0.4) is 0 Å². The van der Waals surface area contributed by atoms with E-state index in [2.05, 4.69) is 32.0 Å². The maximum Gasteiger partial charge on any atom is 0.0641 e. The van der Waals surface area contributed by atoms with E-state index in [0.29, 0.717) is 5.41 Å². The van der Waals surface area contributed by atoms with E-state index in [9.17, 15) is 0 Å². The van der Waals surface area contributed by atoms with Crippen LogP contribution in [0.2, 0.25) is 0 Å². The van der Waals surface area contributed by atoms with Gasteiger partial charge < -0.3 is 0 Å². The second kappa shape index (κ2) is 6.32. The molecule has 0 radical (unpaired) electrons. The standard InChI is InChI=1S/C20H29Cl/c1-15(2)14-20(11-5-6-12-20)19(21)18-10-9-16-7-3-4-8-17(16)13-18/h9-10,13,15,19H,3-8,11-12,14H2,1-2H3. The van der Waals surface area contributed by atoms with Crippen molar-refractivity contribution in [3.05, 3.63) is 34.9 Å². The maximum atomic E-state index is 7.06. The summed E-state index contributed by atoms with van der Waals surface area (Å²) in [6.45, 7) is 4.69. The van der Waals surface area contributed by atoms with Gasteiger partial charge in [-0.3, -0.25) is 0 Å². The topological polar surface area (TPSA) is 0 Å². The van der Waals surface area contributed by atoms with Crippen LogP contribution in [0.5, 0.6) is 0 Å². The van der Waals surface area contributed by atoms with Gasteiger partial charge in [0.25, 0.3) is 0 Å². The summed E-state index contributed by atoms with van der Waals surface area (Å²) in [5, 5.41) is 0.203. The van der Waals surface area contributed by atoms with Gasteiger partial charge in [0.05, 0.1) is 5.38 Å². The van der Waals surface area contributed by atoms with Crippen LogP contribution >= 0.6 is 11.6 Å². The molecule has 1 saturated carbocycles. The van der Waals surface area contributed by atoms with E-state index in [1.807, 2.05) is 0 Å². The highest BCUT2D eigenvalue weighted by Crippen LogP contribution is 2.54. The summed E-state index contributed by atoms with van der Waals surface area (Å²) in [6.07, 6.45) is 11.9. The molecule has 1 heteroatoms. The molecule has 21 heavy (non-hydrogen) atoms. The average molecular weight is 305 g/mol. The van der Waals surface area contributed by atoms with Gasteiger partial charge in [-0.1, -0.05) is 44.9 Å². The second-order valence-corrected chi connectivity index (χ2v) is 8.20. The molecule has 1 aromatic rings. The number of alkyl halides is 1. The van der Waals surface area contributed by atoms with Crippen molar-refractivity contribution >= 4 is 11.6 Å². The van der Waals surface area contributed by atoms with Crippen LogP contribution in [0.4, 0.5) is 0 Å². The van der Waals surface area contributed by atoms with Crippen LogP contribution in [-0.2, 0) is 12.8 Å². The molecular formula is C20H29Cl. The number of benzene rings is 1. The SMILES string of the molecule is CC(C)CC1(C(Cl)c2ccc3c(c2)CCCC3)CCCC1. The first-order valence-corrected chi connectivity index (χ1v) is 9.30. The minimum atomic E-state index is 0.203. The fourth-order valence-electron chi connectivity index (χ4n) is 4.72. The van der Waals surface area contributed by atoms with Crippen molar-refractivity contribution in [1.29, 1.82) is 0 Å². The van der Waals surface area contributed by atoms with E-state index in [-0.39, 0.29) is 5.38 Å². The average Bonchev–Trinajstić information content (AvgIpc) is 2.95. The fraction of sp³-hybridized carbons (Fsp3) is 0.700. The molecule has 3 rings (SSSR count). The molecule has 116 valence electrons. The predicted molar refractivity (Wildman–Crippen MR) is 92.0 cm³/mol. The van der Waals surface area contributed by atoms with E-state index in [1.54, 1.807) is 11.1 Å². The summed E-state index contributed by atoms with van der Waals surface area (Å²) in [4.78, 5) is 0. The summed E-state index contributed by atoms with van der Waals surface area (Å²) < 4.78 is 0. The van der Waals surface area contributed by atoms with Crippen molar-refractivity contribution in [2.24, 2.45) is 11.3 Å². The molecule has 1 unspecified atom stereocenters. The lowest BCUT2D eigenvalue weighted by molar-refractivity contribution is 0.223. The summed E-state index contributed by atoms with van der Waals surface area (Å²) in [5.41, 5.74) is 4.87. The van der Waals surface area contributed by atoms with Crippen molar-refractivity contribution < 1.29 is 0 Å². The fourth-order valence-corrected chi connectivity index (χ4v) is 5.16. The highest BCUT2D eigenvalue weighted by Gasteiger charge is 2.41. The second-order valence-electron chi connectivity index (χ2n) is 7.77. The molecule has 1 fully saturated rings. The lowest BCUT2D eigenvalue weighted by Crippen LogP contribution is -2.25. The number of rotatable bonds is 4. The van der Waals surface area contributed by atoms with E-state index < -0.39 is 0 Å². The zero-order valence-electron chi connectivity index (χ0n) is 13.6. The normalized spacial score (nSPS) is 22.3. The molecule has 0 nitrogen and oxygen atoms in total. The number of halogens is 1. The van der Waals surface area contributed by atoms with Gasteiger partial charge in [0.1, 0.15) is 0 Å². The molecule has 0 amide bonds. The van der Waals surface area contributed by atoms with Crippen LogP contribution in [0.25, 0.3) is 0 Å². The van der Waals surface area contributed by atoms with Gasteiger partial charge in [-0.15, -0.1) is 11.6 Å². The van der Waals surface area contributed by atoms with Crippen molar-refractivity contribution in [3.8, 4) is 0 Å². The van der Waals surface area contributed by atoms with Gasteiger partial charge in [0.15, 0.2) is 0 Å². The molecule has 2 aliphatic rings. The number of fused-ring (bicyclic) bond motifs is 1. The Morgan fingerprint density at radius 2 is 1.67 bits per heavy atom. The van der Waals surface area contributed by atoms with E-state index in [0.717, 1.165) is 5.92 Å². The summed E-state index contributed by atoms with van der Waals surface area (Å²) in [6, 6.07) is 7.12. The first-order valence-electron chi connectivity index (χ1n) is 8.86. The molecule has 2 aliphatic carbocycles.